The molecule has 0 unspecified atom stereocenters. The van der Waals surface area contributed by atoms with E-state index in [9.17, 15) is 0 Å². The van der Waals surface area contributed by atoms with Crippen molar-refractivity contribution in [2.45, 2.75) is 20.0 Å². The Hall–Kier alpha value is -2.56. The molecule has 3 aromatic rings. The molecule has 5 nitrogen and oxygen atoms in total. The van der Waals surface area contributed by atoms with Crippen LogP contribution in [0.2, 0.25) is 0 Å². The molecule has 2 N–H and O–H groups in total. The van der Waals surface area contributed by atoms with Gasteiger partial charge in [-0.05, 0) is 36.8 Å². The van der Waals surface area contributed by atoms with Gasteiger partial charge in [0.1, 0.15) is 17.9 Å². The highest BCUT2D eigenvalue weighted by atomic mass is 16.5. The third-order valence-electron chi connectivity index (χ3n) is 3.53. The van der Waals surface area contributed by atoms with Crippen molar-refractivity contribution in [1.82, 2.24) is 14.8 Å². The summed E-state index contributed by atoms with van der Waals surface area (Å²) in [5.41, 5.74) is 9.56. The fraction of sp³-hybridized carbons (Fsp3) is 0.250. The number of nitrogen functional groups attached to an aromatic ring is 1. The van der Waals surface area contributed by atoms with E-state index >= 15 is 0 Å². The summed E-state index contributed by atoms with van der Waals surface area (Å²) in [7, 11) is 1.93. The van der Waals surface area contributed by atoms with Gasteiger partial charge in [-0.25, -0.2) is 0 Å². The predicted octanol–water partition coefficient (Wildman–Crippen LogP) is 2.69. The molecule has 0 spiro atoms. The smallest absolute Gasteiger partial charge is 0.146 e. The van der Waals surface area contributed by atoms with Crippen LogP contribution in [0, 0.1) is 0 Å². The van der Waals surface area contributed by atoms with Crippen LogP contribution in [0.4, 0.5) is 5.69 Å². The highest BCUT2D eigenvalue weighted by Gasteiger charge is 2.09. The number of fused-ring (bicyclic) bond motifs is 1. The van der Waals surface area contributed by atoms with Crippen molar-refractivity contribution >= 4 is 16.6 Å². The summed E-state index contributed by atoms with van der Waals surface area (Å²) in [6.07, 6.45) is 2.66. The Balaban J connectivity index is 1.88. The molecule has 2 aromatic heterocycles. The van der Waals surface area contributed by atoms with E-state index in [1.807, 2.05) is 36.0 Å². The first kappa shape index (κ1) is 13.4. The zero-order chi connectivity index (χ0) is 14.8. The molecule has 0 radical (unpaired) electrons. The van der Waals surface area contributed by atoms with E-state index in [2.05, 4.69) is 23.1 Å². The molecular weight excluding hydrogens is 264 g/mol. The maximum absolute atomic E-state index is 5.97. The number of hydrogen-bond acceptors (Lipinski definition) is 4. The molecule has 0 atom stereocenters. The Bertz CT molecular complexity index is 779. The van der Waals surface area contributed by atoms with Gasteiger partial charge in [0, 0.05) is 24.3 Å². The van der Waals surface area contributed by atoms with Gasteiger partial charge in [0.25, 0.3) is 0 Å². The van der Waals surface area contributed by atoms with Crippen molar-refractivity contribution in [3.63, 3.8) is 0 Å². The van der Waals surface area contributed by atoms with E-state index in [1.165, 1.54) is 0 Å². The molecule has 0 aliphatic rings. The lowest BCUT2D eigenvalue weighted by molar-refractivity contribution is 0.298. The second-order valence-electron chi connectivity index (χ2n) is 4.95. The van der Waals surface area contributed by atoms with Gasteiger partial charge in [0.15, 0.2) is 0 Å². The highest BCUT2D eigenvalue weighted by Crippen LogP contribution is 2.28. The molecule has 2 heterocycles. The molecule has 3 rings (SSSR count). The number of hydrogen-bond donors (Lipinski definition) is 1. The van der Waals surface area contributed by atoms with E-state index in [-0.39, 0.29) is 0 Å². The molecule has 1 aromatic carbocycles. The second kappa shape index (κ2) is 5.44. The number of aromatic nitrogens is 3. The molecule has 0 aliphatic carbocycles. The normalized spacial score (nSPS) is 11.0. The maximum Gasteiger partial charge on any atom is 0.146 e. The topological polar surface area (TPSA) is 66.0 Å². The lowest BCUT2D eigenvalue weighted by Gasteiger charge is -2.10. The third kappa shape index (κ3) is 2.54. The van der Waals surface area contributed by atoms with Crippen LogP contribution in [0.3, 0.4) is 0 Å². The van der Waals surface area contributed by atoms with Crippen LogP contribution in [-0.4, -0.2) is 14.8 Å². The van der Waals surface area contributed by atoms with Crippen LogP contribution in [0.1, 0.15) is 18.3 Å². The van der Waals surface area contributed by atoms with E-state index in [0.717, 1.165) is 34.5 Å². The van der Waals surface area contributed by atoms with E-state index in [0.29, 0.717) is 12.3 Å². The summed E-state index contributed by atoms with van der Waals surface area (Å²) >= 11 is 0. The van der Waals surface area contributed by atoms with Gasteiger partial charge in [-0.15, -0.1) is 0 Å². The Kier molecular flexibility index (Phi) is 3.48. The Morgan fingerprint density at radius 3 is 2.90 bits per heavy atom. The van der Waals surface area contributed by atoms with E-state index in [1.54, 1.807) is 6.20 Å². The molecule has 0 aliphatic heterocycles. The van der Waals surface area contributed by atoms with Crippen molar-refractivity contribution in [1.29, 1.82) is 0 Å². The van der Waals surface area contributed by atoms with Gasteiger partial charge < -0.3 is 10.5 Å². The zero-order valence-corrected chi connectivity index (χ0v) is 12.2. The number of ether oxygens (including phenoxy) is 1. The molecular formula is C16H18N4O. The van der Waals surface area contributed by atoms with Crippen LogP contribution in [0.15, 0.2) is 36.5 Å². The van der Waals surface area contributed by atoms with Crippen molar-refractivity contribution in [3.8, 4) is 5.75 Å². The lowest BCUT2D eigenvalue weighted by Crippen LogP contribution is -2.03. The van der Waals surface area contributed by atoms with Crippen LogP contribution < -0.4 is 10.5 Å². The Morgan fingerprint density at radius 2 is 2.14 bits per heavy atom. The van der Waals surface area contributed by atoms with Crippen molar-refractivity contribution in [2.24, 2.45) is 7.05 Å². The third-order valence-corrected chi connectivity index (χ3v) is 3.53. The quantitative estimate of drug-likeness (QED) is 0.747. The van der Waals surface area contributed by atoms with E-state index in [4.69, 9.17) is 10.5 Å². The van der Waals surface area contributed by atoms with E-state index < -0.39 is 0 Å². The van der Waals surface area contributed by atoms with Crippen molar-refractivity contribution < 1.29 is 4.74 Å². The number of aryl methyl sites for hydroxylation is 2. The molecule has 5 heteroatoms. The number of nitrogens with two attached hydrogens (primary N) is 1. The van der Waals surface area contributed by atoms with Gasteiger partial charge in [-0.2, -0.15) is 5.10 Å². The summed E-state index contributed by atoms with van der Waals surface area (Å²) in [5, 5.41) is 5.33. The summed E-state index contributed by atoms with van der Waals surface area (Å²) < 4.78 is 7.77. The van der Waals surface area contributed by atoms with Gasteiger partial charge in [0.05, 0.1) is 11.4 Å². The molecule has 108 valence electrons. The lowest BCUT2D eigenvalue weighted by atomic mass is 10.1. The molecule has 0 amide bonds. The summed E-state index contributed by atoms with van der Waals surface area (Å²) in [5.74, 6) is 0.735. The average molecular weight is 282 g/mol. The Labute approximate surface area is 123 Å². The minimum absolute atomic E-state index is 0.457. The minimum Gasteiger partial charge on any atom is -0.485 e. The number of pyridine rings is 1. The molecule has 0 saturated heterocycles. The second-order valence-corrected chi connectivity index (χ2v) is 4.95. The summed E-state index contributed by atoms with van der Waals surface area (Å²) in [6.45, 7) is 2.55. The first-order valence-electron chi connectivity index (χ1n) is 6.97. The maximum atomic E-state index is 5.97. The van der Waals surface area contributed by atoms with Crippen LogP contribution in [0.5, 0.6) is 5.75 Å². The fourth-order valence-electron chi connectivity index (χ4n) is 2.32. The zero-order valence-electron chi connectivity index (χ0n) is 12.2. The van der Waals surface area contributed by atoms with Gasteiger partial charge in [-0.1, -0.05) is 6.92 Å². The van der Waals surface area contributed by atoms with Crippen molar-refractivity contribution in [3.05, 3.63) is 47.9 Å². The first-order chi connectivity index (χ1) is 10.2. The summed E-state index contributed by atoms with van der Waals surface area (Å²) in [4.78, 5) is 4.37. The molecule has 0 fully saturated rings. The fourth-order valence-corrected chi connectivity index (χ4v) is 2.32. The van der Waals surface area contributed by atoms with Gasteiger partial charge >= 0.3 is 0 Å². The predicted molar refractivity (Wildman–Crippen MR) is 83.1 cm³/mol. The standard InChI is InChI=1S/C16H18N4O/c1-3-11-9-12(20(2)19-11)10-21-15-7-6-14(17)13-5-4-8-18-16(13)15/h4-9H,3,10,17H2,1-2H3. The molecule has 21 heavy (non-hydrogen) atoms. The molecule has 0 bridgehead atoms. The SMILES string of the molecule is CCc1cc(COc2ccc(N)c3cccnc23)n(C)n1. The van der Waals surface area contributed by atoms with Crippen LogP contribution in [0.25, 0.3) is 10.9 Å². The average Bonchev–Trinajstić information content (AvgIpc) is 2.87. The number of anilines is 1. The monoisotopic (exact) mass is 282 g/mol. The van der Waals surface area contributed by atoms with Crippen LogP contribution in [-0.2, 0) is 20.1 Å². The summed E-state index contributed by atoms with van der Waals surface area (Å²) in [6, 6.07) is 9.59. The number of rotatable bonds is 4. The number of nitrogens with zero attached hydrogens (tertiary/aromatic N) is 3. The highest BCUT2D eigenvalue weighted by molar-refractivity contribution is 5.94. The van der Waals surface area contributed by atoms with Crippen molar-refractivity contribution in [2.75, 3.05) is 5.73 Å². The van der Waals surface area contributed by atoms with Gasteiger partial charge in [-0.3, -0.25) is 9.67 Å². The molecule has 0 saturated carbocycles. The van der Waals surface area contributed by atoms with Gasteiger partial charge in [0.2, 0.25) is 0 Å². The Morgan fingerprint density at radius 1 is 1.29 bits per heavy atom. The minimum atomic E-state index is 0.457. The largest absolute Gasteiger partial charge is 0.485 e. The van der Waals surface area contributed by atoms with Crippen LogP contribution >= 0.6 is 0 Å². The first-order valence-corrected chi connectivity index (χ1v) is 6.97. The number of benzene rings is 1.